The van der Waals surface area contributed by atoms with Gasteiger partial charge >= 0.3 is 0 Å². The molecule has 31 heavy (non-hydrogen) atoms. The Bertz CT molecular complexity index is 998. The summed E-state index contributed by atoms with van der Waals surface area (Å²) in [6.45, 7) is 14.7. The van der Waals surface area contributed by atoms with E-state index in [4.69, 9.17) is 0 Å². The van der Waals surface area contributed by atoms with E-state index >= 15 is 0 Å². The van der Waals surface area contributed by atoms with Crippen LogP contribution in [0.2, 0.25) is 0 Å². The molecule has 0 radical (unpaired) electrons. The van der Waals surface area contributed by atoms with Crippen LogP contribution in [0.1, 0.15) is 30.6 Å². The molecule has 7 nitrogen and oxygen atoms in total. The molecule has 0 saturated carbocycles. The Balaban J connectivity index is 1.54. The summed E-state index contributed by atoms with van der Waals surface area (Å²) in [7, 11) is 0. The van der Waals surface area contributed by atoms with Crippen LogP contribution in [0.4, 0.5) is 11.5 Å². The van der Waals surface area contributed by atoms with Gasteiger partial charge in [-0.25, -0.2) is 4.68 Å². The van der Waals surface area contributed by atoms with Crippen LogP contribution in [0.3, 0.4) is 0 Å². The van der Waals surface area contributed by atoms with Crippen molar-refractivity contribution in [3.8, 4) is 0 Å². The lowest BCUT2D eigenvalue weighted by molar-refractivity contribution is 0.0747. The molecule has 1 aromatic heterocycles. The highest BCUT2D eigenvalue weighted by Crippen LogP contribution is 2.36. The molecule has 1 saturated heterocycles. The van der Waals surface area contributed by atoms with Gasteiger partial charge in [-0.15, -0.1) is 0 Å². The number of carbonyl (C=O) groups is 1. The smallest absolute Gasteiger partial charge is 0.259 e. The van der Waals surface area contributed by atoms with Gasteiger partial charge in [-0.2, -0.15) is 5.10 Å². The summed E-state index contributed by atoms with van der Waals surface area (Å²) in [5, 5.41) is 8.05. The highest BCUT2D eigenvalue weighted by molar-refractivity contribution is 5.99. The Morgan fingerprint density at radius 1 is 1.23 bits per heavy atom. The second-order valence-electron chi connectivity index (χ2n) is 8.63. The number of rotatable bonds is 5. The number of carbonyl (C=O) groups excluding carboxylic acids is 1. The standard InChI is InChI=1S/C24H30N6O/c1-5-9-20(25-4)21-16-24(2,3)30-22(27-21)19(17-26-30)23(31)29-14-12-28(13-15-29)18-10-7-6-8-11-18/h5-11,17,21,27H,1,4,12-16H2,2-3H3/b20-9-. The van der Waals surface area contributed by atoms with E-state index in [9.17, 15) is 4.79 Å². The second-order valence-corrected chi connectivity index (χ2v) is 8.63. The summed E-state index contributed by atoms with van der Waals surface area (Å²) in [4.78, 5) is 21.8. The number of nitrogens with one attached hydrogen (secondary N) is 1. The number of nitrogens with zero attached hydrogens (tertiary/aromatic N) is 5. The van der Waals surface area contributed by atoms with Gasteiger partial charge in [-0.05, 0) is 45.2 Å². The van der Waals surface area contributed by atoms with Gasteiger partial charge < -0.3 is 15.1 Å². The van der Waals surface area contributed by atoms with E-state index in [1.807, 2.05) is 33.9 Å². The monoisotopic (exact) mass is 418 g/mol. The fraction of sp³-hybridized carbons (Fsp3) is 0.375. The fourth-order valence-electron chi connectivity index (χ4n) is 4.46. The number of hydrogen-bond acceptors (Lipinski definition) is 5. The Labute approximate surface area is 183 Å². The Morgan fingerprint density at radius 3 is 2.58 bits per heavy atom. The number of aliphatic imine (C=N–C) groups is 1. The highest BCUT2D eigenvalue weighted by atomic mass is 16.2. The zero-order valence-corrected chi connectivity index (χ0v) is 18.3. The van der Waals surface area contributed by atoms with Gasteiger partial charge in [0.05, 0.1) is 23.5 Å². The van der Waals surface area contributed by atoms with Crippen LogP contribution in [0.5, 0.6) is 0 Å². The zero-order valence-electron chi connectivity index (χ0n) is 18.3. The molecule has 4 rings (SSSR count). The third-order valence-electron chi connectivity index (χ3n) is 6.10. The summed E-state index contributed by atoms with van der Waals surface area (Å²) in [6.07, 6.45) is 6.04. The maximum Gasteiger partial charge on any atom is 0.259 e. The van der Waals surface area contributed by atoms with Crippen molar-refractivity contribution < 1.29 is 4.79 Å². The van der Waals surface area contributed by atoms with Crippen molar-refractivity contribution in [3.63, 3.8) is 0 Å². The number of hydrogen-bond donors (Lipinski definition) is 1. The number of anilines is 2. The van der Waals surface area contributed by atoms with E-state index in [1.165, 1.54) is 5.69 Å². The molecule has 3 heterocycles. The van der Waals surface area contributed by atoms with Crippen LogP contribution in [-0.2, 0) is 5.54 Å². The maximum atomic E-state index is 13.4. The maximum absolute atomic E-state index is 13.4. The van der Waals surface area contributed by atoms with Crippen molar-refractivity contribution in [2.45, 2.75) is 31.8 Å². The van der Waals surface area contributed by atoms with Gasteiger partial charge in [0.2, 0.25) is 0 Å². The fourth-order valence-corrected chi connectivity index (χ4v) is 4.46. The number of allylic oxidation sites excluding steroid dienone is 2. The molecule has 1 N–H and O–H groups in total. The van der Waals surface area contributed by atoms with Crippen molar-refractivity contribution in [2.24, 2.45) is 4.99 Å². The van der Waals surface area contributed by atoms with Gasteiger partial charge in [0.25, 0.3) is 5.91 Å². The Kier molecular flexibility index (Phi) is 5.67. The quantitative estimate of drug-likeness (QED) is 0.596. The topological polar surface area (TPSA) is 65.8 Å². The predicted octanol–water partition coefficient (Wildman–Crippen LogP) is 3.54. The second kappa shape index (κ2) is 8.41. The minimum atomic E-state index is -0.263. The molecule has 1 amide bonds. The molecule has 162 valence electrons. The van der Waals surface area contributed by atoms with Crippen LogP contribution in [-0.4, -0.2) is 59.5 Å². The number of para-hydroxylation sites is 1. The normalized spacial score (nSPS) is 20.6. The molecule has 7 heteroatoms. The van der Waals surface area contributed by atoms with E-state index in [1.54, 1.807) is 12.3 Å². The molecule has 1 fully saturated rings. The van der Waals surface area contributed by atoms with Gasteiger partial charge in [0.15, 0.2) is 0 Å². The van der Waals surface area contributed by atoms with Gasteiger partial charge in [0.1, 0.15) is 11.4 Å². The highest BCUT2D eigenvalue weighted by Gasteiger charge is 2.38. The van der Waals surface area contributed by atoms with E-state index in [2.05, 4.69) is 59.6 Å². The lowest BCUT2D eigenvalue weighted by Gasteiger charge is -2.39. The summed E-state index contributed by atoms with van der Waals surface area (Å²) in [5.74, 6) is 0.758. The molecule has 1 aromatic carbocycles. The first-order valence-corrected chi connectivity index (χ1v) is 10.7. The van der Waals surface area contributed by atoms with Crippen LogP contribution >= 0.6 is 0 Å². The first-order chi connectivity index (χ1) is 14.9. The number of amides is 1. The lowest BCUT2D eigenvalue weighted by atomic mass is 9.91. The molecule has 2 aromatic rings. The minimum absolute atomic E-state index is 0.0127. The average molecular weight is 419 g/mol. The van der Waals surface area contributed by atoms with E-state index in [-0.39, 0.29) is 17.5 Å². The molecule has 0 bridgehead atoms. The summed E-state index contributed by atoms with van der Waals surface area (Å²) >= 11 is 0. The van der Waals surface area contributed by atoms with E-state index in [0.717, 1.165) is 31.0 Å². The molecular formula is C24H30N6O. The third kappa shape index (κ3) is 4.00. The molecule has 0 spiro atoms. The third-order valence-corrected chi connectivity index (χ3v) is 6.10. The number of piperazine rings is 1. The average Bonchev–Trinajstić information content (AvgIpc) is 3.22. The largest absolute Gasteiger partial charge is 0.368 e. The molecule has 1 atom stereocenters. The molecule has 1 unspecified atom stereocenters. The lowest BCUT2D eigenvalue weighted by Crippen LogP contribution is -2.49. The van der Waals surface area contributed by atoms with E-state index in [0.29, 0.717) is 18.7 Å². The minimum Gasteiger partial charge on any atom is -0.368 e. The molecule has 0 aliphatic carbocycles. The summed E-state index contributed by atoms with van der Waals surface area (Å²) in [5.41, 5.74) is 2.35. The molecule has 2 aliphatic rings. The zero-order chi connectivity index (χ0) is 22.0. The molecule has 2 aliphatic heterocycles. The summed E-state index contributed by atoms with van der Waals surface area (Å²) in [6, 6.07) is 10.3. The Morgan fingerprint density at radius 2 is 1.94 bits per heavy atom. The first-order valence-electron chi connectivity index (χ1n) is 10.7. The van der Waals surface area contributed by atoms with Gasteiger partial charge in [-0.1, -0.05) is 30.9 Å². The van der Waals surface area contributed by atoms with Crippen LogP contribution < -0.4 is 10.2 Å². The van der Waals surface area contributed by atoms with Crippen molar-refractivity contribution in [3.05, 3.63) is 66.5 Å². The molecular weight excluding hydrogens is 388 g/mol. The van der Waals surface area contributed by atoms with Gasteiger partial charge in [0, 0.05) is 31.9 Å². The van der Waals surface area contributed by atoms with Gasteiger partial charge in [-0.3, -0.25) is 9.79 Å². The summed E-state index contributed by atoms with van der Waals surface area (Å²) < 4.78 is 1.92. The van der Waals surface area contributed by atoms with Crippen molar-refractivity contribution in [2.75, 3.05) is 36.4 Å². The number of fused-ring (bicyclic) bond motifs is 1. The van der Waals surface area contributed by atoms with Crippen LogP contribution in [0.25, 0.3) is 0 Å². The SMILES string of the molecule is C=C/C=C(\N=C)C1CC(C)(C)n2ncc(C(=O)N3CCN(c4ccccc4)CC3)c2N1. The van der Waals surface area contributed by atoms with Crippen molar-refractivity contribution >= 4 is 24.1 Å². The Hall–Kier alpha value is -3.35. The van der Waals surface area contributed by atoms with Crippen LogP contribution in [0.15, 0.2) is 65.9 Å². The first kappa shape index (κ1) is 20.9. The number of benzene rings is 1. The van der Waals surface area contributed by atoms with Crippen molar-refractivity contribution in [1.29, 1.82) is 0 Å². The van der Waals surface area contributed by atoms with E-state index < -0.39 is 0 Å². The predicted molar refractivity (Wildman–Crippen MR) is 126 cm³/mol. The number of aromatic nitrogens is 2. The van der Waals surface area contributed by atoms with Crippen LogP contribution in [0, 0.1) is 0 Å². The van der Waals surface area contributed by atoms with Crippen molar-refractivity contribution in [1.82, 2.24) is 14.7 Å².